The first kappa shape index (κ1) is 16.2. The molecule has 0 aliphatic rings. The molecule has 0 nitrogen and oxygen atoms in total. The highest BCUT2D eigenvalue weighted by atomic mass is 79.9. The molecule has 104 valence electrons. The van der Waals surface area contributed by atoms with E-state index in [4.69, 9.17) is 0 Å². The summed E-state index contributed by atoms with van der Waals surface area (Å²) in [5.41, 5.74) is 2.49. The lowest BCUT2D eigenvalue weighted by atomic mass is 10.1. The van der Waals surface area contributed by atoms with Crippen molar-refractivity contribution < 1.29 is 0 Å². The summed E-state index contributed by atoms with van der Waals surface area (Å²) in [5, 5.41) is 0. The lowest BCUT2D eigenvalue weighted by Crippen LogP contribution is -1.81. The molecule has 2 aromatic carbocycles. The summed E-state index contributed by atoms with van der Waals surface area (Å²) < 4.78 is 2.24. The van der Waals surface area contributed by atoms with Crippen LogP contribution in [-0.4, -0.2) is 12.5 Å². The number of benzene rings is 2. The van der Waals surface area contributed by atoms with E-state index in [1.165, 1.54) is 20.9 Å². The summed E-state index contributed by atoms with van der Waals surface area (Å²) in [4.78, 5) is 2.55. The fourth-order valence-corrected chi connectivity index (χ4v) is 4.08. The Balaban J connectivity index is 2.34. The van der Waals surface area contributed by atoms with Crippen LogP contribution >= 0.6 is 55.4 Å². The minimum absolute atomic E-state index is 1.12. The lowest BCUT2D eigenvalue weighted by Gasteiger charge is -2.05. The molecule has 4 heteroatoms. The monoisotopic (exact) mass is 428 g/mol. The van der Waals surface area contributed by atoms with Crippen molar-refractivity contribution in [1.29, 1.82) is 0 Å². The molecular formula is C16H14Br2S2. The van der Waals surface area contributed by atoms with E-state index in [9.17, 15) is 0 Å². The minimum Gasteiger partial charge on any atom is -0.129 e. The van der Waals surface area contributed by atoms with E-state index in [0.717, 1.165) is 8.95 Å². The lowest BCUT2D eigenvalue weighted by molar-refractivity contribution is 1.39. The summed E-state index contributed by atoms with van der Waals surface area (Å²) in [6.07, 6.45) is 8.57. The maximum absolute atomic E-state index is 3.52. The number of rotatable bonds is 4. The van der Waals surface area contributed by atoms with Gasteiger partial charge in [-0.1, -0.05) is 56.1 Å². The van der Waals surface area contributed by atoms with Gasteiger partial charge >= 0.3 is 0 Å². The third kappa shape index (κ3) is 4.17. The Labute approximate surface area is 145 Å². The van der Waals surface area contributed by atoms with Gasteiger partial charge in [-0.3, -0.25) is 0 Å². The molecule has 0 fully saturated rings. The van der Waals surface area contributed by atoms with Crippen LogP contribution in [0.4, 0.5) is 0 Å². The molecule has 0 aliphatic carbocycles. The van der Waals surface area contributed by atoms with Crippen LogP contribution in [0.15, 0.2) is 55.1 Å². The highest BCUT2D eigenvalue weighted by molar-refractivity contribution is 9.10. The average molecular weight is 430 g/mol. The van der Waals surface area contributed by atoms with E-state index in [1.54, 1.807) is 23.5 Å². The number of hydrogen-bond acceptors (Lipinski definition) is 2. The van der Waals surface area contributed by atoms with Crippen LogP contribution in [-0.2, 0) is 0 Å². The fraction of sp³-hybridized carbons (Fsp3) is 0.125. The van der Waals surface area contributed by atoms with Crippen LogP contribution < -0.4 is 0 Å². The molecule has 2 rings (SSSR count). The molecule has 0 N–H and O–H groups in total. The van der Waals surface area contributed by atoms with Gasteiger partial charge in [0.25, 0.3) is 0 Å². The smallest absolute Gasteiger partial charge is 0.0186 e. The number of halogens is 2. The van der Waals surface area contributed by atoms with Crippen molar-refractivity contribution in [2.75, 3.05) is 12.5 Å². The molecule has 0 radical (unpaired) electrons. The average Bonchev–Trinajstić information content (AvgIpc) is 2.46. The van der Waals surface area contributed by atoms with E-state index in [0.29, 0.717) is 0 Å². The summed E-state index contributed by atoms with van der Waals surface area (Å²) in [5.74, 6) is 0. The molecule has 0 saturated carbocycles. The molecular weight excluding hydrogens is 416 g/mol. The van der Waals surface area contributed by atoms with Gasteiger partial charge in [0.15, 0.2) is 0 Å². The second-order valence-corrected chi connectivity index (χ2v) is 7.63. The molecule has 0 saturated heterocycles. The third-order valence-electron chi connectivity index (χ3n) is 2.83. The third-order valence-corrected chi connectivity index (χ3v) is 5.41. The van der Waals surface area contributed by atoms with Crippen molar-refractivity contribution in [3.8, 4) is 0 Å². The Morgan fingerprint density at radius 2 is 1.15 bits per heavy atom. The molecule has 0 atom stereocenters. The molecule has 0 spiro atoms. The van der Waals surface area contributed by atoms with Crippen molar-refractivity contribution in [2.24, 2.45) is 0 Å². The van der Waals surface area contributed by atoms with E-state index in [1.807, 2.05) is 0 Å². The van der Waals surface area contributed by atoms with Crippen molar-refractivity contribution in [1.82, 2.24) is 0 Å². The summed E-state index contributed by atoms with van der Waals surface area (Å²) in [6, 6.07) is 12.8. The van der Waals surface area contributed by atoms with Crippen molar-refractivity contribution in [3.63, 3.8) is 0 Å². The van der Waals surface area contributed by atoms with Gasteiger partial charge < -0.3 is 0 Å². The zero-order valence-electron chi connectivity index (χ0n) is 11.2. The van der Waals surface area contributed by atoms with Gasteiger partial charge in [-0.2, -0.15) is 0 Å². The Kier molecular flexibility index (Phi) is 6.27. The highest BCUT2D eigenvalue weighted by Gasteiger charge is 2.02. The van der Waals surface area contributed by atoms with Crippen LogP contribution in [0, 0.1) is 0 Å². The first-order valence-electron chi connectivity index (χ1n) is 5.99. The van der Waals surface area contributed by atoms with E-state index in [2.05, 4.69) is 92.9 Å². The Morgan fingerprint density at radius 1 is 0.750 bits per heavy atom. The summed E-state index contributed by atoms with van der Waals surface area (Å²) in [7, 11) is 0. The van der Waals surface area contributed by atoms with Gasteiger partial charge in [-0.05, 0) is 47.9 Å². The molecule has 0 amide bonds. The summed E-state index contributed by atoms with van der Waals surface area (Å²) in [6.45, 7) is 0. The zero-order chi connectivity index (χ0) is 14.5. The van der Waals surface area contributed by atoms with Crippen LogP contribution in [0.5, 0.6) is 0 Å². The number of hydrogen-bond donors (Lipinski definition) is 0. The van der Waals surface area contributed by atoms with Crippen molar-refractivity contribution in [2.45, 2.75) is 9.79 Å². The Bertz CT molecular complexity index is 581. The first-order valence-corrected chi connectivity index (χ1v) is 10.0. The quantitative estimate of drug-likeness (QED) is 0.386. The molecule has 0 heterocycles. The fourth-order valence-electron chi connectivity index (χ4n) is 1.82. The molecule has 0 unspecified atom stereocenters. The van der Waals surface area contributed by atoms with Gasteiger partial charge in [-0.25, -0.2) is 0 Å². The zero-order valence-corrected chi connectivity index (χ0v) is 16.0. The van der Waals surface area contributed by atoms with Crippen molar-refractivity contribution >= 4 is 67.5 Å². The van der Waals surface area contributed by atoms with E-state index >= 15 is 0 Å². The second-order valence-electron chi connectivity index (χ2n) is 4.11. The standard InChI is InChI=1S/C16H14Br2S2/c1-19-15-9-13(17)7-5-11(15)3-4-12-6-8-14(18)10-16(12)20-2/h3-10H,1-2H3/b4-3+. The first-order chi connectivity index (χ1) is 9.63. The number of thioether (sulfide) groups is 2. The Morgan fingerprint density at radius 3 is 1.50 bits per heavy atom. The van der Waals surface area contributed by atoms with Gasteiger partial charge in [0.2, 0.25) is 0 Å². The maximum atomic E-state index is 3.52. The topological polar surface area (TPSA) is 0 Å². The Hall–Kier alpha value is -0.160. The minimum atomic E-state index is 1.12. The normalized spacial score (nSPS) is 11.2. The van der Waals surface area contributed by atoms with Gasteiger partial charge in [0.05, 0.1) is 0 Å². The molecule has 20 heavy (non-hydrogen) atoms. The van der Waals surface area contributed by atoms with Crippen molar-refractivity contribution in [3.05, 3.63) is 56.5 Å². The molecule has 2 aromatic rings. The predicted molar refractivity (Wildman–Crippen MR) is 101 cm³/mol. The summed E-state index contributed by atoms with van der Waals surface area (Å²) >= 11 is 10.6. The van der Waals surface area contributed by atoms with Crippen LogP contribution in [0.2, 0.25) is 0 Å². The van der Waals surface area contributed by atoms with Crippen LogP contribution in [0.25, 0.3) is 12.2 Å². The van der Waals surface area contributed by atoms with Gasteiger partial charge in [0.1, 0.15) is 0 Å². The van der Waals surface area contributed by atoms with Gasteiger partial charge in [-0.15, -0.1) is 23.5 Å². The predicted octanol–water partition coefficient (Wildman–Crippen LogP) is 6.83. The maximum Gasteiger partial charge on any atom is 0.0186 e. The molecule has 0 bridgehead atoms. The van der Waals surface area contributed by atoms with Crippen LogP contribution in [0.3, 0.4) is 0 Å². The van der Waals surface area contributed by atoms with Gasteiger partial charge in [0, 0.05) is 18.7 Å². The van der Waals surface area contributed by atoms with Crippen LogP contribution in [0.1, 0.15) is 11.1 Å². The molecule has 0 aliphatic heterocycles. The SMILES string of the molecule is CSc1cc(Br)ccc1/C=C/c1ccc(Br)cc1SC. The van der Waals surface area contributed by atoms with E-state index < -0.39 is 0 Å². The van der Waals surface area contributed by atoms with E-state index in [-0.39, 0.29) is 0 Å². The highest BCUT2D eigenvalue weighted by Crippen LogP contribution is 2.29. The molecule has 0 aromatic heterocycles. The second kappa shape index (κ2) is 7.74. The largest absolute Gasteiger partial charge is 0.129 e.